The van der Waals surface area contributed by atoms with Gasteiger partial charge in [-0.05, 0) is 44.4 Å². The predicted octanol–water partition coefficient (Wildman–Crippen LogP) is 3.57. The predicted molar refractivity (Wildman–Crippen MR) is 130 cm³/mol. The van der Waals surface area contributed by atoms with Gasteiger partial charge in [0.25, 0.3) is 0 Å². The van der Waals surface area contributed by atoms with Gasteiger partial charge in [0.05, 0.1) is 23.8 Å². The molecule has 0 fully saturated rings. The number of esters is 1. The zero-order valence-corrected chi connectivity index (χ0v) is 20.6. The van der Waals surface area contributed by atoms with Crippen molar-refractivity contribution in [3.8, 4) is 39.9 Å². The van der Waals surface area contributed by atoms with Gasteiger partial charge in [-0.3, -0.25) is 9.59 Å². The largest absolute Gasteiger partial charge is 0.508 e. The Bertz CT molecular complexity index is 1650. The second kappa shape index (κ2) is 7.96. The lowest BCUT2D eigenvalue weighted by Gasteiger charge is -2.30. The molecule has 0 aromatic heterocycles. The van der Waals surface area contributed by atoms with Gasteiger partial charge in [0.2, 0.25) is 12.1 Å². The highest BCUT2D eigenvalue weighted by atomic mass is 16.7. The van der Waals surface area contributed by atoms with Gasteiger partial charge in [-0.15, -0.1) is 0 Å². The van der Waals surface area contributed by atoms with E-state index in [0.29, 0.717) is 23.1 Å². The number of phenols is 4. The van der Waals surface area contributed by atoms with Gasteiger partial charge < -0.3 is 34.6 Å². The SMILES string of the molecule is CCOC1OC(=O)c2c1cc1c(c2O)-c2c(O)c3c(c(OC)c2CC1)C(=O)c1c(cc(O)c(C)c1O)C3=O. The number of phenolic OH excluding ortho intramolecular Hbond substituents is 4. The van der Waals surface area contributed by atoms with E-state index in [4.69, 9.17) is 14.2 Å². The Morgan fingerprint density at radius 2 is 1.58 bits per heavy atom. The van der Waals surface area contributed by atoms with Crippen molar-refractivity contribution in [2.45, 2.75) is 33.0 Å². The highest BCUT2D eigenvalue weighted by Crippen LogP contribution is 2.55. The zero-order valence-electron chi connectivity index (χ0n) is 20.6. The molecular weight excluding hydrogens is 496 g/mol. The molecule has 3 aromatic rings. The molecule has 6 rings (SSSR count). The van der Waals surface area contributed by atoms with E-state index in [1.54, 1.807) is 13.0 Å². The second-order valence-corrected chi connectivity index (χ2v) is 9.35. The molecule has 4 N–H and O–H groups in total. The van der Waals surface area contributed by atoms with Crippen LogP contribution in [0.5, 0.6) is 28.7 Å². The van der Waals surface area contributed by atoms with E-state index in [1.165, 1.54) is 14.0 Å². The molecule has 0 radical (unpaired) electrons. The summed E-state index contributed by atoms with van der Waals surface area (Å²) in [4.78, 5) is 39.9. The Labute approximate surface area is 215 Å². The van der Waals surface area contributed by atoms with Crippen LogP contribution in [0.25, 0.3) is 11.1 Å². The normalized spacial score (nSPS) is 16.8. The van der Waals surface area contributed by atoms with Crippen molar-refractivity contribution in [2.75, 3.05) is 13.7 Å². The van der Waals surface area contributed by atoms with Crippen LogP contribution in [0, 0.1) is 6.92 Å². The third-order valence-electron chi connectivity index (χ3n) is 7.48. The van der Waals surface area contributed by atoms with E-state index in [0.717, 1.165) is 6.07 Å². The third kappa shape index (κ3) is 2.83. The van der Waals surface area contributed by atoms with Crippen LogP contribution in [-0.2, 0) is 22.3 Å². The van der Waals surface area contributed by atoms with E-state index in [1.807, 2.05) is 0 Å². The molecule has 0 bridgehead atoms. The highest BCUT2D eigenvalue weighted by Gasteiger charge is 2.44. The number of carbonyl (C=O) groups excluding carboxylic acids is 3. The van der Waals surface area contributed by atoms with Gasteiger partial charge in [-0.2, -0.15) is 0 Å². The summed E-state index contributed by atoms with van der Waals surface area (Å²) in [6, 6.07) is 2.74. The van der Waals surface area contributed by atoms with Crippen LogP contribution in [0.3, 0.4) is 0 Å². The quantitative estimate of drug-likeness (QED) is 0.295. The molecule has 194 valence electrons. The molecule has 10 nitrogen and oxygen atoms in total. The minimum Gasteiger partial charge on any atom is -0.508 e. The summed E-state index contributed by atoms with van der Waals surface area (Å²) in [7, 11) is 1.31. The van der Waals surface area contributed by atoms with Crippen molar-refractivity contribution >= 4 is 17.5 Å². The lowest BCUT2D eigenvalue weighted by Crippen LogP contribution is -2.24. The van der Waals surface area contributed by atoms with Crippen LogP contribution in [0.4, 0.5) is 0 Å². The average Bonchev–Trinajstić information content (AvgIpc) is 3.20. The molecular formula is C28H22O10. The van der Waals surface area contributed by atoms with Gasteiger partial charge in [0, 0.05) is 40.0 Å². The minimum absolute atomic E-state index is 0.0160. The fraction of sp³-hybridized carbons (Fsp3) is 0.250. The summed E-state index contributed by atoms with van der Waals surface area (Å²) in [5, 5.41) is 43.7. The standard InChI is InChI=1S/C28H22O10/c1-4-37-28-13-7-10-5-6-11-16(15(10)23(32)18(13)27(35)38-28)24(33)19-20(26(11)36-3)25(34)17-12(22(19)31)8-14(29)9(2)21(17)30/h7-8,28-30,32-33H,4-6H2,1-3H3. The van der Waals surface area contributed by atoms with E-state index < -0.39 is 46.8 Å². The van der Waals surface area contributed by atoms with Gasteiger partial charge >= 0.3 is 5.97 Å². The fourth-order valence-corrected chi connectivity index (χ4v) is 5.73. The van der Waals surface area contributed by atoms with E-state index in [2.05, 4.69) is 0 Å². The molecule has 38 heavy (non-hydrogen) atoms. The van der Waals surface area contributed by atoms with Crippen LogP contribution in [0.15, 0.2) is 12.1 Å². The Morgan fingerprint density at radius 1 is 0.868 bits per heavy atom. The summed E-state index contributed by atoms with van der Waals surface area (Å²) in [6.45, 7) is 3.41. The number of hydrogen-bond donors (Lipinski definition) is 4. The first-order valence-electron chi connectivity index (χ1n) is 11.9. The van der Waals surface area contributed by atoms with Gasteiger partial charge in [0.15, 0.2) is 5.78 Å². The third-order valence-corrected chi connectivity index (χ3v) is 7.48. The maximum Gasteiger partial charge on any atom is 0.345 e. The Morgan fingerprint density at radius 3 is 2.26 bits per heavy atom. The average molecular weight is 518 g/mol. The number of hydrogen-bond acceptors (Lipinski definition) is 10. The Hall–Kier alpha value is -4.57. The Kier molecular flexibility index (Phi) is 4.99. The summed E-state index contributed by atoms with van der Waals surface area (Å²) < 4.78 is 16.4. The van der Waals surface area contributed by atoms with E-state index in [-0.39, 0.29) is 63.3 Å². The molecule has 0 amide bonds. The minimum atomic E-state index is -0.980. The molecule has 1 heterocycles. The van der Waals surface area contributed by atoms with Crippen molar-refractivity contribution in [3.63, 3.8) is 0 Å². The van der Waals surface area contributed by atoms with Gasteiger partial charge in [-0.1, -0.05) is 0 Å². The molecule has 1 unspecified atom stereocenters. The summed E-state index contributed by atoms with van der Waals surface area (Å²) >= 11 is 0. The van der Waals surface area contributed by atoms with Crippen molar-refractivity contribution in [1.82, 2.24) is 0 Å². The number of cyclic esters (lactones) is 1. The highest BCUT2D eigenvalue weighted by molar-refractivity contribution is 6.32. The van der Waals surface area contributed by atoms with Crippen LogP contribution >= 0.6 is 0 Å². The van der Waals surface area contributed by atoms with Crippen molar-refractivity contribution in [1.29, 1.82) is 0 Å². The number of fused-ring (bicyclic) bond motifs is 6. The second-order valence-electron chi connectivity index (χ2n) is 9.35. The number of ether oxygens (including phenoxy) is 3. The maximum atomic E-state index is 13.7. The van der Waals surface area contributed by atoms with E-state index in [9.17, 15) is 34.8 Å². The van der Waals surface area contributed by atoms with Crippen molar-refractivity contribution in [3.05, 3.63) is 62.2 Å². The van der Waals surface area contributed by atoms with Gasteiger partial charge in [0.1, 0.15) is 34.3 Å². The molecule has 3 aliphatic rings. The monoisotopic (exact) mass is 518 g/mol. The first kappa shape index (κ1) is 23.8. The summed E-state index contributed by atoms with van der Waals surface area (Å²) in [5.74, 6) is -4.30. The number of methoxy groups -OCH3 is 1. The lowest BCUT2D eigenvalue weighted by atomic mass is 9.75. The van der Waals surface area contributed by atoms with Crippen LogP contribution in [-0.4, -0.2) is 51.7 Å². The molecule has 1 aliphatic heterocycles. The number of aryl methyl sites for hydroxylation is 1. The zero-order chi connectivity index (χ0) is 27.2. The summed E-state index contributed by atoms with van der Waals surface area (Å²) in [5.41, 5.74) is 0.220. The van der Waals surface area contributed by atoms with Gasteiger partial charge in [-0.25, -0.2) is 4.79 Å². The van der Waals surface area contributed by atoms with Crippen molar-refractivity contribution < 1.29 is 49.0 Å². The van der Waals surface area contributed by atoms with E-state index >= 15 is 0 Å². The molecule has 2 aliphatic carbocycles. The summed E-state index contributed by atoms with van der Waals surface area (Å²) in [6.07, 6.45) is -0.360. The molecule has 0 saturated carbocycles. The molecule has 1 atom stereocenters. The van der Waals surface area contributed by atoms with Crippen LogP contribution < -0.4 is 4.74 Å². The first-order valence-corrected chi connectivity index (χ1v) is 11.9. The number of rotatable bonds is 3. The molecule has 3 aromatic carbocycles. The number of carbonyl (C=O) groups is 3. The molecule has 0 saturated heterocycles. The van der Waals surface area contributed by atoms with Crippen molar-refractivity contribution in [2.24, 2.45) is 0 Å². The smallest absolute Gasteiger partial charge is 0.345 e. The number of aromatic hydroxyl groups is 4. The molecule has 0 spiro atoms. The lowest BCUT2D eigenvalue weighted by molar-refractivity contribution is -0.0993. The topological polar surface area (TPSA) is 160 Å². The number of benzene rings is 3. The number of ketones is 2. The fourth-order valence-electron chi connectivity index (χ4n) is 5.73. The Balaban J connectivity index is 1.67. The van der Waals surface area contributed by atoms with Crippen LogP contribution in [0.2, 0.25) is 0 Å². The van der Waals surface area contributed by atoms with Crippen LogP contribution in [0.1, 0.15) is 77.7 Å². The maximum absolute atomic E-state index is 13.7. The molecule has 10 heteroatoms. The first-order chi connectivity index (χ1) is 18.1.